The number of ether oxygens (including phenoxy) is 1. The van der Waals surface area contributed by atoms with E-state index in [2.05, 4.69) is 15.6 Å². The minimum Gasteiger partial charge on any atom is -0.447 e. The summed E-state index contributed by atoms with van der Waals surface area (Å²) in [5, 5.41) is 6.12. The summed E-state index contributed by atoms with van der Waals surface area (Å²) in [5.41, 5.74) is 1.82. The first-order valence-corrected chi connectivity index (χ1v) is 8.27. The minimum atomic E-state index is -0.310. The summed E-state index contributed by atoms with van der Waals surface area (Å²) >= 11 is 0. The van der Waals surface area contributed by atoms with Crippen LogP contribution >= 0.6 is 0 Å². The van der Waals surface area contributed by atoms with E-state index in [1.165, 1.54) is 4.90 Å². The number of likely N-dealkylation sites (N-methyl/N-ethyl adjacent to an activating group) is 1. The van der Waals surface area contributed by atoms with Crippen LogP contribution in [0, 0.1) is 0 Å². The summed E-state index contributed by atoms with van der Waals surface area (Å²) in [7, 11) is 3.43. The molecule has 0 radical (unpaired) electrons. The number of guanidine groups is 1. The second kappa shape index (κ2) is 8.91. The largest absolute Gasteiger partial charge is 0.447 e. The molecule has 0 bridgehead atoms. The van der Waals surface area contributed by atoms with Gasteiger partial charge in [0, 0.05) is 26.3 Å². The van der Waals surface area contributed by atoms with E-state index in [4.69, 9.17) is 4.74 Å². The van der Waals surface area contributed by atoms with E-state index in [0.717, 1.165) is 11.3 Å². The Morgan fingerprint density at radius 2 is 2.00 bits per heavy atom. The maximum absolute atomic E-state index is 11.7. The fourth-order valence-corrected chi connectivity index (χ4v) is 2.24. The third kappa shape index (κ3) is 5.37. The summed E-state index contributed by atoms with van der Waals surface area (Å²) in [6, 6.07) is 7.62. The number of nitrogens with zero attached hydrogens (tertiary/aromatic N) is 3. The molecule has 1 saturated heterocycles. The molecule has 0 saturated carbocycles. The number of anilines is 1. The molecule has 0 aliphatic carbocycles. The van der Waals surface area contributed by atoms with Gasteiger partial charge in [0.05, 0.1) is 19.6 Å². The molecule has 2 amide bonds. The number of hydrogen-bond acceptors (Lipinski definition) is 4. The second-order valence-electron chi connectivity index (χ2n) is 5.77. The van der Waals surface area contributed by atoms with E-state index in [0.29, 0.717) is 32.2 Å². The predicted molar refractivity (Wildman–Crippen MR) is 96.6 cm³/mol. The first-order valence-electron chi connectivity index (χ1n) is 8.27. The van der Waals surface area contributed by atoms with Gasteiger partial charge in [-0.15, -0.1) is 0 Å². The summed E-state index contributed by atoms with van der Waals surface area (Å²) < 4.78 is 4.94. The van der Waals surface area contributed by atoms with Crippen molar-refractivity contribution >= 4 is 23.6 Å². The van der Waals surface area contributed by atoms with Gasteiger partial charge in [-0.3, -0.25) is 9.69 Å². The Morgan fingerprint density at radius 1 is 1.28 bits per heavy atom. The summed E-state index contributed by atoms with van der Waals surface area (Å²) in [5.74, 6) is 0.567. The van der Waals surface area contributed by atoms with Crippen LogP contribution in [0.25, 0.3) is 0 Å². The average molecular weight is 347 g/mol. The van der Waals surface area contributed by atoms with Crippen molar-refractivity contribution in [1.82, 2.24) is 15.5 Å². The van der Waals surface area contributed by atoms with Crippen LogP contribution in [0.1, 0.15) is 12.5 Å². The van der Waals surface area contributed by atoms with E-state index in [-0.39, 0.29) is 18.5 Å². The quantitative estimate of drug-likeness (QED) is 0.587. The van der Waals surface area contributed by atoms with Crippen LogP contribution in [0.5, 0.6) is 0 Å². The number of carbonyl (C=O) groups excluding carboxylic acids is 2. The summed E-state index contributed by atoms with van der Waals surface area (Å²) in [4.78, 5) is 30.8. The van der Waals surface area contributed by atoms with Crippen molar-refractivity contribution < 1.29 is 14.3 Å². The van der Waals surface area contributed by atoms with E-state index in [1.807, 2.05) is 31.2 Å². The third-order valence-electron chi connectivity index (χ3n) is 3.68. The number of carbonyl (C=O) groups is 2. The molecule has 1 aliphatic heterocycles. The zero-order valence-electron chi connectivity index (χ0n) is 14.9. The summed E-state index contributed by atoms with van der Waals surface area (Å²) in [6.45, 7) is 4.33. The number of hydrogen-bond donors (Lipinski definition) is 2. The fourth-order valence-electron chi connectivity index (χ4n) is 2.24. The molecule has 136 valence electrons. The van der Waals surface area contributed by atoms with Gasteiger partial charge in [0.2, 0.25) is 5.91 Å². The van der Waals surface area contributed by atoms with Crippen molar-refractivity contribution in [3.8, 4) is 0 Å². The Bertz CT molecular complexity index is 628. The van der Waals surface area contributed by atoms with Crippen LogP contribution < -0.4 is 15.5 Å². The maximum Gasteiger partial charge on any atom is 0.414 e. The monoisotopic (exact) mass is 347 g/mol. The molecule has 8 nitrogen and oxygen atoms in total. The summed E-state index contributed by atoms with van der Waals surface area (Å²) in [6.07, 6.45) is -0.310. The Labute approximate surface area is 147 Å². The lowest BCUT2D eigenvalue weighted by atomic mass is 10.2. The van der Waals surface area contributed by atoms with Crippen LogP contribution in [0.15, 0.2) is 29.3 Å². The molecule has 2 N–H and O–H groups in total. The number of benzene rings is 1. The molecule has 1 aromatic carbocycles. The van der Waals surface area contributed by atoms with Gasteiger partial charge in [-0.05, 0) is 24.6 Å². The van der Waals surface area contributed by atoms with Crippen molar-refractivity contribution in [1.29, 1.82) is 0 Å². The van der Waals surface area contributed by atoms with E-state index in [9.17, 15) is 9.59 Å². The van der Waals surface area contributed by atoms with E-state index in [1.54, 1.807) is 19.0 Å². The molecule has 1 fully saturated rings. The molecule has 2 rings (SSSR count). The fraction of sp³-hybridized carbons (Fsp3) is 0.471. The van der Waals surface area contributed by atoms with Crippen LogP contribution in [0.4, 0.5) is 10.5 Å². The molecule has 0 atom stereocenters. The van der Waals surface area contributed by atoms with Crippen molar-refractivity contribution in [2.45, 2.75) is 13.5 Å². The van der Waals surface area contributed by atoms with Crippen molar-refractivity contribution in [3.63, 3.8) is 0 Å². The second-order valence-corrected chi connectivity index (χ2v) is 5.77. The lowest BCUT2D eigenvalue weighted by Gasteiger charge is -2.14. The normalized spacial score (nSPS) is 14.3. The van der Waals surface area contributed by atoms with Gasteiger partial charge < -0.3 is 20.3 Å². The van der Waals surface area contributed by atoms with Gasteiger partial charge in [0.1, 0.15) is 6.61 Å². The van der Waals surface area contributed by atoms with Gasteiger partial charge in [0.15, 0.2) is 5.96 Å². The Morgan fingerprint density at radius 3 is 2.56 bits per heavy atom. The van der Waals surface area contributed by atoms with Crippen LogP contribution in [-0.2, 0) is 16.1 Å². The highest BCUT2D eigenvalue weighted by molar-refractivity contribution is 5.89. The molecular weight excluding hydrogens is 322 g/mol. The Balaban J connectivity index is 1.94. The standard InChI is InChI=1S/C17H25N5O3/c1-4-18-16(20-12-15(23)21(2)3)19-11-13-5-7-14(8-6-13)22-9-10-25-17(22)24/h5-8H,4,9-12H2,1-3H3,(H2,18,19,20). The van der Waals surface area contributed by atoms with Crippen molar-refractivity contribution in [3.05, 3.63) is 29.8 Å². The number of rotatable bonds is 6. The van der Waals surface area contributed by atoms with Crippen LogP contribution in [0.2, 0.25) is 0 Å². The van der Waals surface area contributed by atoms with Gasteiger partial charge in [-0.2, -0.15) is 0 Å². The first kappa shape index (κ1) is 18.6. The van der Waals surface area contributed by atoms with Crippen molar-refractivity contribution in [2.75, 3.05) is 45.2 Å². The van der Waals surface area contributed by atoms with Crippen molar-refractivity contribution in [2.24, 2.45) is 4.99 Å². The number of amides is 2. The van der Waals surface area contributed by atoms with Gasteiger partial charge in [0.25, 0.3) is 0 Å². The lowest BCUT2D eigenvalue weighted by molar-refractivity contribution is -0.127. The lowest BCUT2D eigenvalue weighted by Crippen LogP contribution is -2.42. The minimum absolute atomic E-state index is 0.0209. The smallest absolute Gasteiger partial charge is 0.414 e. The zero-order valence-corrected chi connectivity index (χ0v) is 14.9. The highest BCUT2D eigenvalue weighted by Gasteiger charge is 2.23. The molecule has 8 heteroatoms. The molecule has 0 unspecified atom stereocenters. The molecule has 0 aromatic heterocycles. The highest BCUT2D eigenvalue weighted by atomic mass is 16.6. The van der Waals surface area contributed by atoms with Crippen LogP contribution in [-0.4, -0.2) is 63.2 Å². The third-order valence-corrected chi connectivity index (χ3v) is 3.68. The average Bonchev–Trinajstić information content (AvgIpc) is 3.03. The number of nitrogens with one attached hydrogen (secondary N) is 2. The highest BCUT2D eigenvalue weighted by Crippen LogP contribution is 2.19. The van der Waals surface area contributed by atoms with E-state index >= 15 is 0 Å². The first-order chi connectivity index (χ1) is 12.0. The van der Waals surface area contributed by atoms with E-state index < -0.39 is 0 Å². The number of aliphatic imine (C=N–C) groups is 1. The molecule has 0 spiro atoms. The zero-order chi connectivity index (χ0) is 18.2. The van der Waals surface area contributed by atoms with Gasteiger partial charge >= 0.3 is 6.09 Å². The maximum atomic E-state index is 11.7. The molecule has 1 aliphatic rings. The molecule has 25 heavy (non-hydrogen) atoms. The van der Waals surface area contributed by atoms with Gasteiger partial charge in [-0.1, -0.05) is 12.1 Å². The number of cyclic esters (lactones) is 1. The predicted octanol–water partition coefficient (Wildman–Crippen LogP) is 0.787. The van der Waals surface area contributed by atoms with Crippen LogP contribution in [0.3, 0.4) is 0 Å². The SMILES string of the molecule is CCNC(=NCc1ccc(N2CCOC2=O)cc1)NCC(=O)N(C)C. The topological polar surface area (TPSA) is 86.3 Å². The Hall–Kier alpha value is -2.77. The van der Waals surface area contributed by atoms with Gasteiger partial charge in [-0.25, -0.2) is 9.79 Å². The molecule has 1 aromatic rings. The molecular formula is C17H25N5O3. The molecule has 1 heterocycles. The Kier molecular flexibility index (Phi) is 6.62.